The number of rotatable bonds is 1. The molecule has 1 aliphatic rings. The zero-order valence-electron chi connectivity index (χ0n) is 9.36. The number of halogens is 1. The zero-order valence-corrected chi connectivity index (χ0v) is 10.1. The molecule has 1 aromatic carbocycles. The Hall–Kier alpha value is -1.35. The first-order valence-corrected chi connectivity index (χ1v) is 6.28. The Labute approximate surface area is 104 Å². The van der Waals surface area contributed by atoms with Crippen molar-refractivity contribution in [2.24, 2.45) is 0 Å². The zero-order chi connectivity index (χ0) is 11.8. The summed E-state index contributed by atoms with van der Waals surface area (Å²) in [5.74, 6) is 0.711. The summed E-state index contributed by atoms with van der Waals surface area (Å²) in [5, 5.41) is 10.8. The number of aromatic nitrogens is 2. The molecule has 0 aliphatic heterocycles. The minimum absolute atomic E-state index is 0.252. The van der Waals surface area contributed by atoms with E-state index in [0.717, 1.165) is 29.4 Å². The summed E-state index contributed by atoms with van der Waals surface area (Å²) in [7, 11) is 0. The molecule has 0 radical (unpaired) electrons. The van der Waals surface area contributed by atoms with Crippen molar-refractivity contribution in [3.63, 3.8) is 0 Å². The predicted octanol–water partition coefficient (Wildman–Crippen LogP) is 3.65. The van der Waals surface area contributed by atoms with E-state index in [-0.39, 0.29) is 5.75 Å². The summed E-state index contributed by atoms with van der Waals surface area (Å²) in [6, 6.07) is 5.15. The van der Waals surface area contributed by atoms with E-state index in [2.05, 4.69) is 9.97 Å². The highest BCUT2D eigenvalue weighted by Crippen LogP contribution is 2.37. The van der Waals surface area contributed by atoms with Crippen molar-refractivity contribution in [2.75, 3.05) is 0 Å². The summed E-state index contributed by atoms with van der Waals surface area (Å²) in [5.41, 5.74) is 1.80. The van der Waals surface area contributed by atoms with Crippen LogP contribution in [0.3, 0.4) is 0 Å². The topological polar surface area (TPSA) is 46.0 Å². The van der Waals surface area contributed by atoms with Crippen molar-refractivity contribution in [1.82, 2.24) is 9.97 Å². The van der Waals surface area contributed by atoms with Gasteiger partial charge in [-0.25, -0.2) is 9.97 Å². The lowest BCUT2D eigenvalue weighted by molar-refractivity contribution is 0.476. The second-order valence-electron chi connectivity index (χ2n) is 4.56. The second-order valence-corrected chi connectivity index (χ2v) is 4.90. The number of hydrogen-bond donors (Lipinski definition) is 1. The molecule has 0 spiro atoms. The van der Waals surface area contributed by atoms with Crippen LogP contribution >= 0.6 is 11.6 Å². The van der Waals surface area contributed by atoms with Crippen LogP contribution in [0.1, 0.15) is 37.3 Å². The Balaban J connectivity index is 2.23. The molecule has 1 saturated carbocycles. The highest BCUT2D eigenvalue weighted by Gasteiger charge is 2.21. The Morgan fingerprint density at radius 2 is 1.94 bits per heavy atom. The maximum Gasteiger partial charge on any atom is 0.223 e. The summed E-state index contributed by atoms with van der Waals surface area (Å²) in [6.07, 6.45) is 4.79. The molecule has 1 heterocycles. The average molecular weight is 249 g/mol. The maximum atomic E-state index is 9.58. The van der Waals surface area contributed by atoms with Gasteiger partial charge in [-0.15, -0.1) is 0 Å². The van der Waals surface area contributed by atoms with Crippen molar-refractivity contribution < 1.29 is 5.11 Å². The first-order valence-electron chi connectivity index (χ1n) is 5.90. The van der Waals surface area contributed by atoms with Gasteiger partial charge in [-0.05, 0) is 42.6 Å². The minimum atomic E-state index is 0.252. The van der Waals surface area contributed by atoms with E-state index < -0.39 is 0 Å². The molecule has 0 amide bonds. The normalized spacial score (nSPS) is 16.8. The van der Waals surface area contributed by atoms with Crippen LogP contribution in [0.25, 0.3) is 10.9 Å². The van der Waals surface area contributed by atoms with Gasteiger partial charge in [0.25, 0.3) is 0 Å². The van der Waals surface area contributed by atoms with Gasteiger partial charge in [-0.2, -0.15) is 0 Å². The molecule has 1 N–H and O–H groups in total. The largest absolute Gasteiger partial charge is 0.508 e. The molecule has 1 aliphatic carbocycles. The molecular formula is C13H13ClN2O. The Morgan fingerprint density at radius 1 is 1.18 bits per heavy atom. The summed E-state index contributed by atoms with van der Waals surface area (Å²) < 4.78 is 0. The Bertz CT molecular complexity index is 565. The fourth-order valence-corrected chi connectivity index (χ4v) is 2.80. The van der Waals surface area contributed by atoms with E-state index in [1.807, 2.05) is 0 Å². The number of hydrogen-bond acceptors (Lipinski definition) is 3. The van der Waals surface area contributed by atoms with Gasteiger partial charge in [-0.1, -0.05) is 12.8 Å². The molecule has 1 fully saturated rings. The van der Waals surface area contributed by atoms with E-state index >= 15 is 0 Å². The van der Waals surface area contributed by atoms with Crippen LogP contribution in [0.15, 0.2) is 18.2 Å². The number of fused-ring (bicyclic) bond motifs is 1. The van der Waals surface area contributed by atoms with Crippen molar-refractivity contribution in [1.29, 1.82) is 0 Å². The lowest BCUT2D eigenvalue weighted by Gasteiger charge is -2.12. The predicted molar refractivity (Wildman–Crippen MR) is 67.4 cm³/mol. The van der Waals surface area contributed by atoms with Gasteiger partial charge in [0.15, 0.2) is 0 Å². The summed E-state index contributed by atoms with van der Waals surface area (Å²) in [6.45, 7) is 0. The third-order valence-electron chi connectivity index (χ3n) is 3.42. The van der Waals surface area contributed by atoms with Gasteiger partial charge in [0.05, 0.1) is 11.2 Å². The van der Waals surface area contributed by atoms with Gasteiger partial charge in [0.1, 0.15) is 5.75 Å². The van der Waals surface area contributed by atoms with E-state index in [1.165, 1.54) is 12.8 Å². The number of phenols is 1. The number of phenolic OH excluding ortho intramolecular Hbond substituents is 1. The van der Waals surface area contributed by atoms with Crippen LogP contribution in [0, 0.1) is 0 Å². The van der Waals surface area contributed by atoms with Crippen molar-refractivity contribution in [3.05, 3.63) is 29.2 Å². The molecule has 0 bridgehead atoms. The molecule has 2 aromatic rings. The quantitative estimate of drug-likeness (QED) is 0.784. The fourth-order valence-electron chi connectivity index (χ4n) is 2.62. The molecule has 3 rings (SSSR count). The number of aromatic hydroxyl groups is 1. The lowest BCUT2D eigenvalue weighted by atomic mass is 9.99. The van der Waals surface area contributed by atoms with Crippen molar-refractivity contribution >= 4 is 22.5 Å². The first kappa shape index (κ1) is 10.8. The van der Waals surface area contributed by atoms with Crippen LogP contribution in [-0.2, 0) is 0 Å². The van der Waals surface area contributed by atoms with Gasteiger partial charge < -0.3 is 5.11 Å². The highest BCUT2D eigenvalue weighted by atomic mass is 35.5. The third-order valence-corrected chi connectivity index (χ3v) is 3.59. The van der Waals surface area contributed by atoms with Gasteiger partial charge in [0, 0.05) is 11.3 Å². The lowest BCUT2D eigenvalue weighted by Crippen LogP contribution is -2.00. The molecule has 17 heavy (non-hydrogen) atoms. The molecule has 3 nitrogen and oxygen atoms in total. The van der Waals surface area contributed by atoms with Crippen molar-refractivity contribution in [3.8, 4) is 5.75 Å². The Kier molecular flexibility index (Phi) is 2.63. The van der Waals surface area contributed by atoms with Crippen LogP contribution < -0.4 is 0 Å². The van der Waals surface area contributed by atoms with Crippen LogP contribution in [0.4, 0.5) is 0 Å². The van der Waals surface area contributed by atoms with E-state index in [1.54, 1.807) is 18.2 Å². The molecule has 4 heteroatoms. The van der Waals surface area contributed by atoms with Crippen LogP contribution in [-0.4, -0.2) is 15.1 Å². The fraction of sp³-hybridized carbons (Fsp3) is 0.385. The third kappa shape index (κ3) is 1.95. The first-order chi connectivity index (χ1) is 8.24. The molecule has 88 valence electrons. The van der Waals surface area contributed by atoms with Gasteiger partial charge >= 0.3 is 0 Å². The van der Waals surface area contributed by atoms with Gasteiger partial charge in [0.2, 0.25) is 5.28 Å². The smallest absolute Gasteiger partial charge is 0.223 e. The minimum Gasteiger partial charge on any atom is -0.508 e. The molecule has 0 saturated heterocycles. The van der Waals surface area contributed by atoms with Crippen LogP contribution in [0.5, 0.6) is 5.75 Å². The number of benzene rings is 1. The monoisotopic (exact) mass is 248 g/mol. The standard InChI is InChI=1S/C13H13ClN2O/c14-13-15-11-6-5-9(17)7-10(11)12(16-13)8-3-1-2-4-8/h5-8,17H,1-4H2. The Morgan fingerprint density at radius 3 is 2.71 bits per heavy atom. The van der Waals surface area contributed by atoms with E-state index in [9.17, 15) is 5.11 Å². The van der Waals surface area contributed by atoms with E-state index in [0.29, 0.717) is 11.2 Å². The van der Waals surface area contributed by atoms with Gasteiger partial charge in [-0.3, -0.25) is 0 Å². The average Bonchev–Trinajstić information content (AvgIpc) is 2.82. The van der Waals surface area contributed by atoms with Crippen molar-refractivity contribution in [2.45, 2.75) is 31.6 Å². The van der Waals surface area contributed by atoms with Crippen LogP contribution in [0.2, 0.25) is 5.28 Å². The molecule has 0 atom stereocenters. The molecule has 0 unspecified atom stereocenters. The summed E-state index contributed by atoms with van der Waals surface area (Å²) >= 11 is 5.96. The summed E-state index contributed by atoms with van der Waals surface area (Å²) in [4.78, 5) is 8.56. The highest BCUT2D eigenvalue weighted by molar-refractivity contribution is 6.28. The maximum absolute atomic E-state index is 9.58. The molecular weight excluding hydrogens is 236 g/mol. The second kappa shape index (κ2) is 4.15. The SMILES string of the molecule is Oc1ccc2nc(Cl)nc(C3CCCC3)c2c1. The molecule has 1 aromatic heterocycles. The van der Waals surface area contributed by atoms with E-state index in [4.69, 9.17) is 11.6 Å². The number of nitrogens with zero attached hydrogens (tertiary/aromatic N) is 2.